The molecule has 26 heavy (non-hydrogen) atoms. The lowest BCUT2D eigenvalue weighted by Gasteiger charge is -2.07. The number of hydrogen-bond acceptors (Lipinski definition) is 6. The Kier molecular flexibility index (Phi) is 5.81. The van der Waals surface area contributed by atoms with Gasteiger partial charge in [-0.3, -0.25) is 40.7 Å². The molecule has 2 rings (SSSR count). The fourth-order valence-electron chi connectivity index (χ4n) is 1.97. The highest BCUT2D eigenvalue weighted by molar-refractivity contribution is 6.30. The second-order valence-corrected chi connectivity index (χ2v) is 5.49. The third-order valence-electron chi connectivity index (χ3n) is 3.18. The summed E-state index contributed by atoms with van der Waals surface area (Å²) < 4.78 is 0. The highest BCUT2D eigenvalue weighted by atomic mass is 35.5. The van der Waals surface area contributed by atoms with Crippen LogP contribution in [0.5, 0.6) is 0 Å². The number of carbonyl (C=O) groups is 2. The molecule has 0 aliphatic carbocycles. The molecular weight excluding hydrogens is 368 g/mol. The van der Waals surface area contributed by atoms with Gasteiger partial charge in [0.05, 0.1) is 27.9 Å². The average molecular weight is 379 g/mol. The van der Waals surface area contributed by atoms with Gasteiger partial charge in [0.2, 0.25) is 5.91 Å². The molecule has 0 heterocycles. The first kappa shape index (κ1) is 18.8. The van der Waals surface area contributed by atoms with Gasteiger partial charge in [-0.2, -0.15) is 0 Å². The number of halogens is 1. The topological polar surface area (TPSA) is 144 Å². The molecule has 11 heteroatoms. The molecule has 0 spiro atoms. The van der Waals surface area contributed by atoms with Crippen molar-refractivity contribution in [1.29, 1.82) is 0 Å². The van der Waals surface area contributed by atoms with Gasteiger partial charge >= 0.3 is 0 Å². The second-order valence-electron chi connectivity index (χ2n) is 5.06. The summed E-state index contributed by atoms with van der Waals surface area (Å²) in [4.78, 5) is 43.7. The molecule has 0 atom stereocenters. The van der Waals surface area contributed by atoms with Crippen LogP contribution in [-0.4, -0.2) is 21.7 Å². The van der Waals surface area contributed by atoms with Gasteiger partial charge in [-0.1, -0.05) is 23.7 Å². The van der Waals surface area contributed by atoms with Crippen molar-refractivity contribution in [2.75, 3.05) is 0 Å². The summed E-state index contributed by atoms with van der Waals surface area (Å²) in [6, 6.07) is 8.94. The number of nitro benzene ring substituents is 2. The monoisotopic (exact) mass is 378 g/mol. The van der Waals surface area contributed by atoms with Crippen LogP contribution in [-0.2, 0) is 11.2 Å². The van der Waals surface area contributed by atoms with Crippen molar-refractivity contribution in [3.63, 3.8) is 0 Å². The quantitative estimate of drug-likeness (QED) is 0.602. The van der Waals surface area contributed by atoms with Gasteiger partial charge in [-0.05, 0) is 17.7 Å². The Morgan fingerprint density at radius 3 is 1.96 bits per heavy atom. The standard InChI is InChI=1S/C15H11ClN4O6/c16-11-3-1-9(2-4-11)5-14(21)17-18-15(22)10-6-12(19(23)24)8-13(7-10)20(25)26/h1-4,6-8H,5H2,(H,17,21)(H,18,22). The van der Waals surface area contributed by atoms with E-state index in [9.17, 15) is 29.8 Å². The third kappa shape index (κ3) is 4.98. The number of non-ortho nitro benzene ring substituents is 2. The highest BCUT2D eigenvalue weighted by Gasteiger charge is 2.20. The number of nitro groups is 2. The Hall–Kier alpha value is -3.53. The summed E-state index contributed by atoms with van der Waals surface area (Å²) in [5.41, 5.74) is 3.27. The molecule has 10 nitrogen and oxygen atoms in total. The summed E-state index contributed by atoms with van der Waals surface area (Å²) in [5.74, 6) is -1.48. The van der Waals surface area contributed by atoms with Gasteiger partial charge in [0, 0.05) is 17.2 Å². The largest absolute Gasteiger partial charge is 0.277 e. The fraction of sp³-hybridized carbons (Fsp3) is 0.0667. The molecule has 0 radical (unpaired) electrons. The maximum absolute atomic E-state index is 12.0. The second kappa shape index (κ2) is 8.03. The van der Waals surface area contributed by atoms with E-state index in [0.29, 0.717) is 10.6 Å². The maximum Gasteiger partial charge on any atom is 0.277 e. The molecule has 0 saturated heterocycles. The zero-order chi connectivity index (χ0) is 19.3. The number of rotatable bonds is 5. The summed E-state index contributed by atoms with van der Waals surface area (Å²) in [6.45, 7) is 0. The van der Waals surface area contributed by atoms with Crippen molar-refractivity contribution in [2.45, 2.75) is 6.42 Å². The Bertz CT molecular complexity index is 852. The van der Waals surface area contributed by atoms with Crippen molar-refractivity contribution in [3.8, 4) is 0 Å². The first-order chi connectivity index (χ1) is 12.3. The number of benzene rings is 2. The van der Waals surface area contributed by atoms with E-state index in [1.54, 1.807) is 24.3 Å². The molecule has 2 aromatic rings. The molecular formula is C15H11ClN4O6. The summed E-state index contributed by atoms with van der Waals surface area (Å²) in [5, 5.41) is 22.1. The minimum atomic E-state index is -0.929. The zero-order valence-electron chi connectivity index (χ0n) is 13.0. The van der Waals surface area contributed by atoms with E-state index in [1.165, 1.54) is 0 Å². The van der Waals surface area contributed by atoms with E-state index in [-0.39, 0.29) is 12.0 Å². The molecule has 0 aromatic heterocycles. The zero-order valence-corrected chi connectivity index (χ0v) is 13.7. The van der Waals surface area contributed by atoms with Crippen LogP contribution in [0.3, 0.4) is 0 Å². The first-order valence-electron chi connectivity index (χ1n) is 7.04. The third-order valence-corrected chi connectivity index (χ3v) is 3.43. The molecule has 0 fully saturated rings. The molecule has 2 amide bonds. The number of nitrogens with one attached hydrogen (secondary N) is 2. The number of nitrogens with zero attached hydrogens (tertiary/aromatic N) is 2. The molecule has 134 valence electrons. The van der Waals surface area contributed by atoms with Gasteiger partial charge in [0.15, 0.2) is 0 Å². The van der Waals surface area contributed by atoms with Crippen molar-refractivity contribution in [2.24, 2.45) is 0 Å². The van der Waals surface area contributed by atoms with Gasteiger partial charge in [0.1, 0.15) is 0 Å². The van der Waals surface area contributed by atoms with Crippen LogP contribution in [0.25, 0.3) is 0 Å². The van der Waals surface area contributed by atoms with Crippen molar-refractivity contribution in [3.05, 3.63) is 78.8 Å². The fourth-order valence-corrected chi connectivity index (χ4v) is 2.09. The Balaban J connectivity index is 2.05. The van der Waals surface area contributed by atoms with Crippen molar-refractivity contribution < 1.29 is 19.4 Å². The highest BCUT2D eigenvalue weighted by Crippen LogP contribution is 2.22. The number of amides is 2. The predicted octanol–water partition coefficient (Wildman–Crippen LogP) is 2.16. The molecule has 2 aromatic carbocycles. The van der Waals surface area contributed by atoms with E-state index in [2.05, 4.69) is 10.9 Å². The summed E-state index contributed by atoms with van der Waals surface area (Å²) in [6.07, 6.45) is -0.0491. The van der Waals surface area contributed by atoms with Gasteiger partial charge < -0.3 is 0 Å². The number of hydrazine groups is 1. The average Bonchev–Trinajstić information content (AvgIpc) is 2.61. The lowest BCUT2D eigenvalue weighted by molar-refractivity contribution is -0.394. The van der Waals surface area contributed by atoms with Gasteiger partial charge in [0.25, 0.3) is 17.3 Å². The van der Waals surface area contributed by atoms with Crippen LogP contribution >= 0.6 is 11.6 Å². The smallest absolute Gasteiger partial charge is 0.273 e. The molecule has 0 aliphatic heterocycles. The Morgan fingerprint density at radius 1 is 0.923 bits per heavy atom. The van der Waals surface area contributed by atoms with E-state index in [1.807, 2.05) is 0 Å². The molecule has 0 unspecified atom stereocenters. The van der Waals surface area contributed by atoms with Crippen LogP contribution < -0.4 is 10.9 Å². The predicted molar refractivity (Wildman–Crippen MR) is 90.5 cm³/mol. The summed E-state index contributed by atoms with van der Waals surface area (Å²) >= 11 is 5.74. The minimum absolute atomic E-state index is 0.0491. The van der Waals surface area contributed by atoms with Gasteiger partial charge in [-0.15, -0.1) is 0 Å². The SMILES string of the molecule is O=C(Cc1ccc(Cl)cc1)NNC(=O)c1cc([N+](=O)[O-])cc([N+](=O)[O-])c1. The van der Waals surface area contributed by atoms with E-state index in [4.69, 9.17) is 11.6 Å². The molecule has 0 aliphatic rings. The van der Waals surface area contributed by atoms with Crippen molar-refractivity contribution in [1.82, 2.24) is 10.9 Å². The maximum atomic E-state index is 12.0. The number of carbonyl (C=O) groups excluding carboxylic acids is 2. The lowest BCUT2D eigenvalue weighted by Crippen LogP contribution is -2.42. The Morgan fingerprint density at radius 2 is 1.46 bits per heavy atom. The van der Waals surface area contributed by atoms with Crippen molar-refractivity contribution >= 4 is 34.8 Å². The van der Waals surface area contributed by atoms with E-state index >= 15 is 0 Å². The number of hydrogen-bond donors (Lipinski definition) is 2. The molecule has 2 N–H and O–H groups in total. The van der Waals surface area contributed by atoms with E-state index in [0.717, 1.165) is 18.2 Å². The van der Waals surface area contributed by atoms with Crippen LogP contribution in [0.4, 0.5) is 11.4 Å². The molecule has 0 saturated carbocycles. The van der Waals surface area contributed by atoms with Crippen LogP contribution in [0, 0.1) is 20.2 Å². The van der Waals surface area contributed by atoms with Crippen LogP contribution in [0.2, 0.25) is 5.02 Å². The normalized spacial score (nSPS) is 10.0. The Labute approximate surface area is 151 Å². The first-order valence-corrected chi connectivity index (χ1v) is 7.41. The lowest BCUT2D eigenvalue weighted by atomic mass is 10.1. The summed E-state index contributed by atoms with van der Waals surface area (Å²) in [7, 11) is 0. The van der Waals surface area contributed by atoms with Crippen LogP contribution in [0.15, 0.2) is 42.5 Å². The van der Waals surface area contributed by atoms with Crippen LogP contribution in [0.1, 0.15) is 15.9 Å². The van der Waals surface area contributed by atoms with Gasteiger partial charge in [-0.25, -0.2) is 0 Å². The minimum Gasteiger partial charge on any atom is -0.273 e. The van der Waals surface area contributed by atoms with E-state index < -0.39 is 33.0 Å². The molecule has 0 bridgehead atoms.